The Morgan fingerprint density at radius 2 is 1.83 bits per heavy atom. The molecule has 7 nitrogen and oxygen atoms in total. The van der Waals surface area contributed by atoms with Crippen LogP contribution < -0.4 is 20.7 Å². The molecule has 0 aliphatic carbocycles. The smallest absolute Gasteiger partial charge is 0.265 e. The van der Waals surface area contributed by atoms with Gasteiger partial charge in [0.1, 0.15) is 12.3 Å². The zero-order valence-corrected chi connectivity index (χ0v) is 12.7. The maximum atomic E-state index is 12.4. The third-order valence-corrected chi connectivity index (χ3v) is 3.57. The molecule has 0 unspecified atom stereocenters. The van der Waals surface area contributed by atoms with E-state index in [0.717, 1.165) is 0 Å². The highest BCUT2D eigenvalue weighted by Crippen LogP contribution is 2.28. The van der Waals surface area contributed by atoms with Crippen LogP contribution in [0.5, 0.6) is 5.75 Å². The number of hydrogen-bond donors (Lipinski definition) is 2. The van der Waals surface area contributed by atoms with Crippen molar-refractivity contribution in [1.29, 1.82) is 0 Å². The number of primary amides is 1. The molecule has 7 heteroatoms. The first-order valence-electron chi connectivity index (χ1n) is 7.26. The van der Waals surface area contributed by atoms with Crippen molar-refractivity contribution in [1.82, 2.24) is 0 Å². The lowest BCUT2D eigenvalue weighted by atomic mass is 10.2. The number of fused-ring (bicyclic) bond motifs is 1. The van der Waals surface area contributed by atoms with Crippen LogP contribution in [-0.4, -0.2) is 30.9 Å². The normalized spacial score (nSPS) is 13.0. The molecule has 3 amide bonds. The van der Waals surface area contributed by atoms with E-state index >= 15 is 0 Å². The molecule has 2 aromatic carbocycles. The average Bonchev–Trinajstić information content (AvgIpc) is 2.59. The topological polar surface area (TPSA) is 102 Å². The number of rotatable bonds is 4. The monoisotopic (exact) mass is 325 g/mol. The van der Waals surface area contributed by atoms with Gasteiger partial charge in [0.25, 0.3) is 5.91 Å². The second kappa shape index (κ2) is 6.41. The van der Waals surface area contributed by atoms with Gasteiger partial charge in [-0.1, -0.05) is 12.1 Å². The van der Waals surface area contributed by atoms with E-state index in [1.54, 1.807) is 36.4 Å². The number of ether oxygens (including phenoxy) is 1. The van der Waals surface area contributed by atoms with Gasteiger partial charge in [-0.15, -0.1) is 0 Å². The highest BCUT2D eigenvalue weighted by atomic mass is 16.5. The van der Waals surface area contributed by atoms with Gasteiger partial charge in [0.05, 0.1) is 11.4 Å². The lowest BCUT2D eigenvalue weighted by molar-refractivity contribution is -0.123. The lowest BCUT2D eigenvalue weighted by Crippen LogP contribution is -2.44. The van der Waals surface area contributed by atoms with Crippen LogP contribution in [0.15, 0.2) is 48.5 Å². The van der Waals surface area contributed by atoms with Crippen molar-refractivity contribution < 1.29 is 19.1 Å². The Bertz CT molecular complexity index is 802. The highest BCUT2D eigenvalue weighted by molar-refractivity contribution is 6.10. The van der Waals surface area contributed by atoms with E-state index in [1.807, 2.05) is 0 Å². The number of amides is 3. The molecule has 1 heterocycles. The van der Waals surface area contributed by atoms with E-state index in [0.29, 0.717) is 22.7 Å². The van der Waals surface area contributed by atoms with E-state index in [1.165, 1.54) is 17.0 Å². The van der Waals surface area contributed by atoms with Gasteiger partial charge in [-0.3, -0.25) is 19.3 Å². The number of nitrogens with zero attached hydrogens (tertiary/aromatic N) is 1. The summed E-state index contributed by atoms with van der Waals surface area (Å²) >= 11 is 0. The van der Waals surface area contributed by atoms with Gasteiger partial charge in [-0.25, -0.2) is 0 Å². The average molecular weight is 325 g/mol. The van der Waals surface area contributed by atoms with Gasteiger partial charge in [0.15, 0.2) is 6.61 Å². The van der Waals surface area contributed by atoms with E-state index in [-0.39, 0.29) is 25.0 Å². The van der Waals surface area contributed by atoms with Gasteiger partial charge in [-0.05, 0) is 36.4 Å². The second-order valence-corrected chi connectivity index (χ2v) is 5.22. The third-order valence-electron chi connectivity index (χ3n) is 3.57. The van der Waals surface area contributed by atoms with E-state index in [2.05, 4.69) is 5.32 Å². The summed E-state index contributed by atoms with van der Waals surface area (Å²) in [5.74, 6) is -0.694. The molecule has 1 aliphatic heterocycles. The molecule has 0 radical (unpaired) electrons. The molecule has 3 rings (SSSR count). The second-order valence-electron chi connectivity index (χ2n) is 5.22. The van der Waals surface area contributed by atoms with Crippen LogP contribution in [0, 0.1) is 0 Å². The fourth-order valence-corrected chi connectivity index (χ4v) is 2.39. The summed E-state index contributed by atoms with van der Waals surface area (Å²) < 4.78 is 5.43. The number of para-hydroxylation sites is 2. The zero-order valence-electron chi connectivity index (χ0n) is 12.7. The molecular formula is C17H15N3O4. The van der Waals surface area contributed by atoms with E-state index < -0.39 is 5.91 Å². The fourth-order valence-electron chi connectivity index (χ4n) is 2.39. The predicted molar refractivity (Wildman–Crippen MR) is 87.9 cm³/mol. The molecule has 0 atom stereocenters. The Morgan fingerprint density at radius 1 is 1.12 bits per heavy atom. The molecular weight excluding hydrogens is 310 g/mol. The maximum Gasteiger partial charge on any atom is 0.265 e. The minimum Gasteiger partial charge on any atom is -0.484 e. The zero-order chi connectivity index (χ0) is 17.1. The van der Waals surface area contributed by atoms with Gasteiger partial charge in [-0.2, -0.15) is 0 Å². The lowest BCUT2D eigenvalue weighted by Gasteiger charge is -2.29. The van der Waals surface area contributed by atoms with Crippen molar-refractivity contribution >= 4 is 29.1 Å². The third kappa shape index (κ3) is 3.19. The van der Waals surface area contributed by atoms with Crippen LogP contribution in [0.1, 0.15) is 10.4 Å². The number of carbonyl (C=O) groups excluding carboxylic acids is 3. The Morgan fingerprint density at radius 3 is 2.54 bits per heavy atom. The predicted octanol–water partition coefficient (Wildman–Crippen LogP) is 1.15. The molecule has 1 aliphatic rings. The largest absolute Gasteiger partial charge is 0.484 e. The van der Waals surface area contributed by atoms with Gasteiger partial charge >= 0.3 is 0 Å². The fraction of sp³-hybridized carbons (Fsp3) is 0.118. The number of anilines is 2. The Kier molecular flexibility index (Phi) is 4.15. The van der Waals surface area contributed by atoms with Crippen LogP contribution in [0.3, 0.4) is 0 Å². The van der Waals surface area contributed by atoms with Crippen LogP contribution in [0.4, 0.5) is 11.4 Å². The number of nitrogens with one attached hydrogen (secondary N) is 1. The van der Waals surface area contributed by atoms with Gasteiger partial charge in [0, 0.05) is 5.56 Å². The first-order chi connectivity index (χ1) is 11.5. The Balaban J connectivity index is 1.69. The maximum absolute atomic E-state index is 12.4. The summed E-state index contributed by atoms with van der Waals surface area (Å²) in [6.45, 7) is -0.280. The standard InChI is InChI=1S/C17H15N3O4/c18-17(23)11-5-7-12(8-6-11)24-10-16(22)20-9-15(21)19-13-3-1-2-4-14(13)20/h1-8H,9-10H2,(H2,18,23)(H,19,21). The molecule has 122 valence electrons. The van der Waals surface area contributed by atoms with Gasteiger partial charge in [0.2, 0.25) is 11.8 Å². The summed E-state index contributed by atoms with van der Waals surface area (Å²) in [5, 5.41) is 2.72. The first-order valence-corrected chi connectivity index (χ1v) is 7.26. The summed E-state index contributed by atoms with van der Waals surface area (Å²) in [5.41, 5.74) is 6.74. The Labute approximate surface area is 138 Å². The van der Waals surface area contributed by atoms with E-state index in [9.17, 15) is 14.4 Å². The Hall–Kier alpha value is -3.35. The van der Waals surface area contributed by atoms with Crippen LogP contribution in [-0.2, 0) is 9.59 Å². The SMILES string of the molecule is NC(=O)c1ccc(OCC(=O)N2CC(=O)Nc3ccccc32)cc1. The molecule has 0 fully saturated rings. The molecule has 24 heavy (non-hydrogen) atoms. The summed E-state index contributed by atoms with van der Waals surface area (Å²) in [6.07, 6.45) is 0. The molecule has 2 aromatic rings. The van der Waals surface area contributed by atoms with Crippen molar-refractivity contribution in [3.63, 3.8) is 0 Å². The van der Waals surface area contributed by atoms with Crippen molar-refractivity contribution in [2.75, 3.05) is 23.4 Å². The molecule has 0 saturated carbocycles. The summed E-state index contributed by atoms with van der Waals surface area (Å²) in [4.78, 5) is 36.5. The molecule has 0 saturated heterocycles. The van der Waals surface area contributed by atoms with Crippen LogP contribution in [0.25, 0.3) is 0 Å². The van der Waals surface area contributed by atoms with Crippen molar-refractivity contribution in [2.24, 2.45) is 5.73 Å². The molecule has 0 aromatic heterocycles. The summed E-state index contributed by atoms with van der Waals surface area (Å²) in [6, 6.07) is 13.2. The number of nitrogens with two attached hydrogens (primary N) is 1. The molecule has 3 N–H and O–H groups in total. The first kappa shape index (κ1) is 15.5. The van der Waals surface area contributed by atoms with Gasteiger partial charge < -0.3 is 15.8 Å². The molecule has 0 bridgehead atoms. The number of carbonyl (C=O) groups is 3. The van der Waals surface area contributed by atoms with Crippen molar-refractivity contribution in [3.8, 4) is 5.75 Å². The quantitative estimate of drug-likeness (QED) is 0.880. The van der Waals surface area contributed by atoms with Crippen LogP contribution >= 0.6 is 0 Å². The highest BCUT2D eigenvalue weighted by Gasteiger charge is 2.26. The van der Waals surface area contributed by atoms with E-state index in [4.69, 9.17) is 10.5 Å². The van der Waals surface area contributed by atoms with Crippen molar-refractivity contribution in [2.45, 2.75) is 0 Å². The minimum absolute atomic E-state index is 0.0557. The van der Waals surface area contributed by atoms with Crippen LogP contribution in [0.2, 0.25) is 0 Å². The molecule has 0 spiro atoms. The number of hydrogen-bond acceptors (Lipinski definition) is 4. The minimum atomic E-state index is -0.534. The van der Waals surface area contributed by atoms with Crippen molar-refractivity contribution in [3.05, 3.63) is 54.1 Å². The number of benzene rings is 2. The summed E-state index contributed by atoms with van der Waals surface area (Å²) in [7, 11) is 0.